The lowest BCUT2D eigenvalue weighted by molar-refractivity contribution is -0.124. The Morgan fingerprint density at radius 3 is 2.47 bits per heavy atom. The Bertz CT molecular complexity index is 242. The molecular weight excluding hydrogens is 218 g/mol. The molecule has 0 rings (SSSR count). The number of nitrogens with one attached hydrogen (secondary N) is 1. The molecule has 0 fully saturated rings. The SMILES string of the molecule is CCC(C)C(N)C(=O)NCC(C)(O)CN(C)C. The third kappa shape index (κ3) is 6.61. The summed E-state index contributed by atoms with van der Waals surface area (Å²) in [6, 6.07) is -0.504. The average molecular weight is 245 g/mol. The molecule has 0 aromatic carbocycles. The molecular formula is C12H27N3O2. The van der Waals surface area contributed by atoms with E-state index in [9.17, 15) is 9.90 Å². The molecule has 102 valence electrons. The van der Waals surface area contributed by atoms with E-state index in [1.165, 1.54) is 0 Å². The molecule has 3 unspecified atom stereocenters. The number of likely N-dealkylation sites (N-methyl/N-ethyl adjacent to an activating group) is 1. The maximum absolute atomic E-state index is 11.7. The molecule has 0 saturated carbocycles. The monoisotopic (exact) mass is 245 g/mol. The third-order valence-electron chi connectivity index (χ3n) is 2.86. The van der Waals surface area contributed by atoms with E-state index in [1.54, 1.807) is 6.92 Å². The second-order valence-corrected chi connectivity index (χ2v) is 5.36. The van der Waals surface area contributed by atoms with Gasteiger partial charge in [-0.05, 0) is 26.9 Å². The van der Waals surface area contributed by atoms with Crippen LogP contribution in [0, 0.1) is 5.92 Å². The molecule has 0 radical (unpaired) electrons. The second-order valence-electron chi connectivity index (χ2n) is 5.36. The summed E-state index contributed by atoms with van der Waals surface area (Å²) in [5, 5.41) is 12.7. The summed E-state index contributed by atoms with van der Waals surface area (Å²) < 4.78 is 0. The van der Waals surface area contributed by atoms with Crippen molar-refractivity contribution in [2.45, 2.75) is 38.8 Å². The van der Waals surface area contributed by atoms with E-state index in [2.05, 4.69) is 5.32 Å². The van der Waals surface area contributed by atoms with Gasteiger partial charge in [-0.1, -0.05) is 20.3 Å². The summed E-state index contributed by atoms with van der Waals surface area (Å²) in [4.78, 5) is 13.6. The summed E-state index contributed by atoms with van der Waals surface area (Å²) in [5.74, 6) is -0.0489. The van der Waals surface area contributed by atoms with Gasteiger partial charge in [0, 0.05) is 13.1 Å². The molecule has 0 aromatic heterocycles. The van der Waals surface area contributed by atoms with E-state index in [0.29, 0.717) is 6.54 Å². The van der Waals surface area contributed by atoms with Crippen molar-refractivity contribution >= 4 is 5.91 Å². The minimum Gasteiger partial charge on any atom is -0.387 e. The molecule has 3 atom stereocenters. The molecule has 1 amide bonds. The molecule has 5 heteroatoms. The lowest BCUT2D eigenvalue weighted by Gasteiger charge is -2.28. The zero-order valence-electron chi connectivity index (χ0n) is 11.7. The molecule has 17 heavy (non-hydrogen) atoms. The first-order valence-electron chi connectivity index (χ1n) is 6.10. The van der Waals surface area contributed by atoms with Crippen molar-refractivity contribution in [3.05, 3.63) is 0 Å². The van der Waals surface area contributed by atoms with Crippen LogP contribution in [0.4, 0.5) is 0 Å². The molecule has 5 nitrogen and oxygen atoms in total. The Morgan fingerprint density at radius 2 is 2.06 bits per heavy atom. The van der Waals surface area contributed by atoms with Gasteiger partial charge in [-0.3, -0.25) is 4.79 Å². The van der Waals surface area contributed by atoms with Crippen LogP contribution in [-0.4, -0.2) is 54.7 Å². The van der Waals surface area contributed by atoms with Gasteiger partial charge < -0.3 is 21.1 Å². The van der Waals surface area contributed by atoms with Crippen LogP contribution in [0.15, 0.2) is 0 Å². The molecule has 0 aliphatic heterocycles. The Hall–Kier alpha value is -0.650. The van der Waals surface area contributed by atoms with Crippen LogP contribution in [-0.2, 0) is 4.79 Å². The molecule has 0 aliphatic rings. The van der Waals surface area contributed by atoms with Crippen molar-refractivity contribution in [1.29, 1.82) is 0 Å². The standard InChI is InChI=1S/C12H27N3O2/c1-6-9(2)10(13)11(16)14-7-12(3,17)8-15(4)5/h9-10,17H,6-8,13H2,1-5H3,(H,14,16). The molecule has 0 spiro atoms. The number of aliphatic hydroxyl groups is 1. The highest BCUT2D eigenvalue weighted by Gasteiger charge is 2.25. The van der Waals surface area contributed by atoms with E-state index < -0.39 is 11.6 Å². The quantitative estimate of drug-likeness (QED) is 0.580. The fraction of sp³-hybridized carbons (Fsp3) is 0.917. The van der Waals surface area contributed by atoms with Gasteiger partial charge >= 0.3 is 0 Å². The summed E-state index contributed by atoms with van der Waals surface area (Å²) in [5.41, 5.74) is 4.86. The van der Waals surface area contributed by atoms with Crippen molar-refractivity contribution < 1.29 is 9.90 Å². The minimum absolute atomic E-state index is 0.147. The lowest BCUT2D eigenvalue weighted by Crippen LogP contribution is -2.52. The fourth-order valence-corrected chi connectivity index (χ4v) is 1.64. The molecule has 0 bridgehead atoms. The predicted octanol–water partition coefficient (Wildman–Crippen LogP) is -0.211. The zero-order valence-corrected chi connectivity index (χ0v) is 11.7. The highest BCUT2D eigenvalue weighted by molar-refractivity contribution is 5.81. The zero-order chi connectivity index (χ0) is 13.6. The van der Waals surface area contributed by atoms with E-state index >= 15 is 0 Å². The molecule has 0 aliphatic carbocycles. The molecule has 0 heterocycles. The van der Waals surface area contributed by atoms with Gasteiger partial charge in [-0.25, -0.2) is 0 Å². The number of hydrogen-bond acceptors (Lipinski definition) is 4. The first-order chi connectivity index (χ1) is 7.69. The summed E-state index contributed by atoms with van der Waals surface area (Å²) in [7, 11) is 3.75. The Morgan fingerprint density at radius 1 is 1.53 bits per heavy atom. The van der Waals surface area contributed by atoms with Gasteiger partial charge in [0.05, 0.1) is 11.6 Å². The number of carbonyl (C=O) groups is 1. The fourth-order valence-electron chi connectivity index (χ4n) is 1.64. The minimum atomic E-state index is -0.936. The second kappa shape index (κ2) is 6.93. The number of amides is 1. The topological polar surface area (TPSA) is 78.6 Å². The van der Waals surface area contributed by atoms with Gasteiger partial charge in [0.2, 0.25) is 5.91 Å². The first-order valence-corrected chi connectivity index (χ1v) is 6.10. The van der Waals surface area contributed by atoms with Crippen LogP contribution in [0.3, 0.4) is 0 Å². The van der Waals surface area contributed by atoms with Crippen molar-refractivity contribution in [3.63, 3.8) is 0 Å². The lowest BCUT2D eigenvalue weighted by atomic mass is 9.99. The maximum Gasteiger partial charge on any atom is 0.237 e. The Labute approximate surface area is 104 Å². The first kappa shape index (κ1) is 16.4. The third-order valence-corrected chi connectivity index (χ3v) is 2.86. The van der Waals surface area contributed by atoms with Crippen LogP contribution in [0.25, 0.3) is 0 Å². The molecule has 0 aromatic rings. The summed E-state index contributed by atoms with van der Waals surface area (Å²) in [6.07, 6.45) is 0.864. The van der Waals surface area contributed by atoms with Gasteiger partial charge in [0.25, 0.3) is 0 Å². The van der Waals surface area contributed by atoms with Gasteiger partial charge in [0.1, 0.15) is 0 Å². The number of carbonyl (C=O) groups excluding carboxylic acids is 1. The normalized spacial score (nSPS) is 18.6. The van der Waals surface area contributed by atoms with Crippen LogP contribution in [0.1, 0.15) is 27.2 Å². The largest absolute Gasteiger partial charge is 0.387 e. The molecule has 4 N–H and O–H groups in total. The number of rotatable bonds is 7. The number of nitrogens with two attached hydrogens (primary N) is 1. The van der Waals surface area contributed by atoms with Gasteiger partial charge in [0.15, 0.2) is 0 Å². The Balaban J connectivity index is 4.15. The average Bonchev–Trinajstić information content (AvgIpc) is 2.22. The summed E-state index contributed by atoms with van der Waals surface area (Å²) >= 11 is 0. The van der Waals surface area contributed by atoms with E-state index in [-0.39, 0.29) is 18.4 Å². The van der Waals surface area contributed by atoms with Crippen molar-refractivity contribution in [2.24, 2.45) is 11.7 Å². The van der Waals surface area contributed by atoms with E-state index in [0.717, 1.165) is 6.42 Å². The van der Waals surface area contributed by atoms with Crippen molar-refractivity contribution in [2.75, 3.05) is 27.2 Å². The van der Waals surface area contributed by atoms with Crippen LogP contribution >= 0.6 is 0 Å². The smallest absolute Gasteiger partial charge is 0.237 e. The van der Waals surface area contributed by atoms with Crippen LogP contribution < -0.4 is 11.1 Å². The van der Waals surface area contributed by atoms with E-state index in [4.69, 9.17) is 5.73 Å². The summed E-state index contributed by atoms with van der Waals surface area (Å²) in [6.45, 7) is 6.35. The van der Waals surface area contributed by atoms with Crippen molar-refractivity contribution in [3.8, 4) is 0 Å². The molecule has 0 saturated heterocycles. The van der Waals surface area contributed by atoms with Gasteiger partial charge in [-0.2, -0.15) is 0 Å². The van der Waals surface area contributed by atoms with Crippen molar-refractivity contribution in [1.82, 2.24) is 10.2 Å². The number of nitrogens with zero attached hydrogens (tertiary/aromatic N) is 1. The highest BCUT2D eigenvalue weighted by Crippen LogP contribution is 2.06. The number of hydrogen-bond donors (Lipinski definition) is 3. The van der Waals surface area contributed by atoms with E-state index in [1.807, 2.05) is 32.8 Å². The maximum atomic E-state index is 11.7. The highest BCUT2D eigenvalue weighted by atomic mass is 16.3. The predicted molar refractivity (Wildman–Crippen MR) is 69.6 cm³/mol. The van der Waals surface area contributed by atoms with Gasteiger partial charge in [-0.15, -0.1) is 0 Å². The van der Waals surface area contributed by atoms with Crippen LogP contribution in [0.5, 0.6) is 0 Å². The Kier molecular flexibility index (Phi) is 6.67. The van der Waals surface area contributed by atoms with Crippen LogP contribution in [0.2, 0.25) is 0 Å².